The molecule has 2 aromatic rings. The van der Waals surface area contributed by atoms with E-state index in [1.165, 1.54) is 4.88 Å². The maximum atomic E-state index is 12.5. The number of nitrogens with one attached hydrogen (secondary N) is 2. The van der Waals surface area contributed by atoms with Crippen molar-refractivity contribution in [1.82, 2.24) is 5.32 Å². The van der Waals surface area contributed by atoms with Crippen LogP contribution in [0.2, 0.25) is 0 Å². The topological polar surface area (TPSA) is 74.2 Å². The summed E-state index contributed by atoms with van der Waals surface area (Å²) in [5.41, 5.74) is 2.26. The molecule has 1 aromatic heterocycles. The standard InChI is InChI=1S/C21H23N3O2S2/c1-2-3-11-26-15-8-6-7-14(12-15)19(25)23-21(27)24-20-17(13-22)16-9-4-5-10-18(16)28-20/h6-8,12H,2-5,9-11H2,1H3,(H2,23,24,25,27). The summed E-state index contributed by atoms with van der Waals surface area (Å²) in [6, 6.07) is 9.33. The summed E-state index contributed by atoms with van der Waals surface area (Å²) < 4.78 is 5.65. The maximum absolute atomic E-state index is 12.5. The van der Waals surface area contributed by atoms with Gasteiger partial charge in [0.25, 0.3) is 5.91 Å². The summed E-state index contributed by atoms with van der Waals surface area (Å²) in [6.45, 7) is 2.73. The van der Waals surface area contributed by atoms with E-state index in [2.05, 4.69) is 23.6 Å². The molecule has 1 aliphatic rings. The highest BCUT2D eigenvalue weighted by Gasteiger charge is 2.21. The largest absolute Gasteiger partial charge is 0.494 e. The molecule has 3 rings (SSSR count). The first-order chi connectivity index (χ1) is 13.6. The van der Waals surface area contributed by atoms with Gasteiger partial charge in [-0.1, -0.05) is 19.4 Å². The third-order valence-corrected chi connectivity index (χ3v) is 6.01. The number of rotatable bonds is 6. The summed E-state index contributed by atoms with van der Waals surface area (Å²) in [5, 5.41) is 16.2. The zero-order valence-corrected chi connectivity index (χ0v) is 17.5. The Balaban J connectivity index is 1.64. The van der Waals surface area contributed by atoms with Crippen LogP contribution in [0.5, 0.6) is 5.75 Å². The van der Waals surface area contributed by atoms with Crippen molar-refractivity contribution in [2.24, 2.45) is 0 Å². The number of hydrogen-bond donors (Lipinski definition) is 2. The van der Waals surface area contributed by atoms with E-state index in [-0.39, 0.29) is 11.0 Å². The minimum atomic E-state index is -0.307. The second-order valence-electron chi connectivity index (χ2n) is 6.66. The van der Waals surface area contributed by atoms with Crippen LogP contribution in [-0.2, 0) is 12.8 Å². The first kappa shape index (κ1) is 20.3. The maximum Gasteiger partial charge on any atom is 0.257 e. The van der Waals surface area contributed by atoms with Crippen LogP contribution in [0.1, 0.15) is 59.0 Å². The van der Waals surface area contributed by atoms with Crippen molar-refractivity contribution in [3.05, 3.63) is 45.8 Å². The van der Waals surface area contributed by atoms with Crippen LogP contribution in [-0.4, -0.2) is 17.6 Å². The van der Waals surface area contributed by atoms with Gasteiger partial charge < -0.3 is 10.1 Å². The molecule has 1 aromatic carbocycles. The molecule has 1 heterocycles. The first-order valence-electron chi connectivity index (χ1n) is 9.52. The Morgan fingerprint density at radius 3 is 2.96 bits per heavy atom. The SMILES string of the molecule is CCCCOc1cccc(C(=O)NC(=S)Nc2sc3c(c2C#N)CCCC3)c1. The second kappa shape index (κ2) is 9.67. The van der Waals surface area contributed by atoms with Crippen molar-refractivity contribution in [2.75, 3.05) is 11.9 Å². The number of anilines is 1. The number of thiocarbonyl (C=S) groups is 1. The van der Waals surface area contributed by atoms with Gasteiger partial charge in [0.15, 0.2) is 5.11 Å². The van der Waals surface area contributed by atoms with Crippen LogP contribution in [0.15, 0.2) is 24.3 Å². The smallest absolute Gasteiger partial charge is 0.257 e. The Kier molecular flexibility index (Phi) is 7.01. The Bertz CT molecular complexity index is 915. The predicted molar refractivity (Wildman–Crippen MR) is 116 cm³/mol. The Morgan fingerprint density at radius 1 is 1.36 bits per heavy atom. The van der Waals surface area contributed by atoms with Crippen molar-refractivity contribution < 1.29 is 9.53 Å². The molecule has 2 N–H and O–H groups in total. The quantitative estimate of drug-likeness (QED) is 0.525. The highest BCUT2D eigenvalue weighted by molar-refractivity contribution is 7.80. The number of amides is 1. The molecule has 0 radical (unpaired) electrons. The highest BCUT2D eigenvalue weighted by atomic mass is 32.1. The molecule has 7 heteroatoms. The lowest BCUT2D eigenvalue weighted by Gasteiger charge is -2.10. The molecule has 0 spiro atoms. The molecular formula is C21H23N3O2S2. The van der Waals surface area contributed by atoms with Gasteiger partial charge in [0, 0.05) is 10.4 Å². The first-order valence-corrected chi connectivity index (χ1v) is 10.7. The van der Waals surface area contributed by atoms with E-state index in [0.29, 0.717) is 23.5 Å². The number of nitrogens with zero attached hydrogens (tertiary/aromatic N) is 1. The molecule has 0 saturated heterocycles. The lowest BCUT2D eigenvalue weighted by Crippen LogP contribution is -2.34. The molecule has 5 nitrogen and oxygen atoms in total. The second-order valence-corrected chi connectivity index (χ2v) is 8.18. The van der Waals surface area contributed by atoms with Crippen LogP contribution < -0.4 is 15.4 Å². The van der Waals surface area contributed by atoms with Gasteiger partial charge in [0.1, 0.15) is 16.8 Å². The summed E-state index contributed by atoms with van der Waals surface area (Å²) >= 11 is 6.86. The van der Waals surface area contributed by atoms with Crippen LogP contribution in [0.25, 0.3) is 0 Å². The van der Waals surface area contributed by atoms with E-state index in [4.69, 9.17) is 17.0 Å². The Morgan fingerprint density at radius 2 is 2.18 bits per heavy atom. The molecule has 0 saturated carbocycles. The number of carbonyl (C=O) groups excluding carboxylic acids is 1. The van der Waals surface area contributed by atoms with E-state index in [1.54, 1.807) is 29.5 Å². The molecule has 0 bridgehead atoms. The van der Waals surface area contributed by atoms with E-state index < -0.39 is 0 Å². The van der Waals surface area contributed by atoms with E-state index in [9.17, 15) is 10.1 Å². The third kappa shape index (κ3) is 4.89. The molecule has 0 fully saturated rings. The average Bonchev–Trinajstić information content (AvgIpc) is 3.05. The zero-order valence-electron chi connectivity index (χ0n) is 15.8. The van der Waals surface area contributed by atoms with Crippen LogP contribution in [0, 0.1) is 11.3 Å². The molecule has 146 valence electrons. The van der Waals surface area contributed by atoms with Gasteiger partial charge in [0.05, 0.1) is 12.2 Å². The molecule has 1 amide bonds. The molecule has 0 aliphatic heterocycles. The highest BCUT2D eigenvalue weighted by Crippen LogP contribution is 2.37. The number of nitriles is 1. The molecule has 1 aliphatic carbocycles. The number of thiophene rings is 1. The van der Waals surface area contributed by atoms with E-state index in [1.807, 2.05) is 6.07 Å². The predicted octanol–water partition coefficient (Wildman–Crippen LogP) is 4.80. The summed E-state index contributed by atoms with van der Waals surface area (Å²) in [7, 11) is 0. The summed E-state index contributed by atoms with van der Waals surface area (Å²) in [6.07, 6.45) is 6.21. The van der Waals surface area contributed by atoms with Crippen LogP contribution >= 0.6 is 23.6 Å². The minimum absolute atomic E-state index is 0.192. The Hall–Kier alpha value is -2.43. The van der Waals surface area contributed by atoms with Crippen molar-refractivity contribution >= 4 is 39.6 Å². The van der Waals surface area contributed by atoms with Gasteiger partial charge in [-0.3, -0.25) is 10.1 Å². The number of carbonyl (C=O) groups is 1. The normalized spacial score (nSPS) is 12.6. The van der Waals surface area contributed by atoms with Crippen molar-refractivity contribution in [3.8, 4) is 11.8 Å². The average molecular weight is 414 g/mol. The number of aryl methyl sites for hydroxylation is 1. The van der Waals surface area contributed by atoms with Gasteiger partial charge in [-0.25, -0.2) is 0 Å². The lowest BCUT2D eigenvalue weighted by molar-refractivity contribution is 0.0977. The van der Waals surface area contributed by atoms with E-state index >= 15 is 0 Å². The van der Waals surface area contributed by atoms with Gasteiger partial charge in [0.2, 0.25) is 0 Å². The molecule has 0 unspecified atom stereocenters. The minimum Gasteiger partial charge on any atom is -0.494 e. The number of ether oxygens (including phenoxy) is 1. The third-order valence-electron chi connectivity index (χ3n) is 4.60. The molecule has 0 atom stereocenters. The van der Waals surface area contributed by atoms with Gasteiger partial charge >= 0.3 is 0 Å². The number of benzene rings is 1. The fourth-order valence-electron chi connectivity index (χ4n) is 3.14. The van der Waals surface area contributed by atoms with Gasteiger partial charge in [-0.2, -0.15) is 5.26 Å². The fourth-order valence-corrected chi connectivity index (χ4v) is 4.65. The zero-order chi connectivity index (χ0) is 19.9. The van der Waals surface area contributed by atoms with Crippen LogP contribution in [0.3, 0.4) is 0 Å². The van der Waals surface area contributed by atoms with Gasteiger partial charge in [-0.05, 0) is 68.1 Å². The molecular weight excluding hydrogens is 390 g/mol. The van der Waals surface area contributed by atoms with Crippen molar-refractivity contribution in [2.45, 2.75) is 45.4 Å². The lowest BCUT2D eigenvalue weighted by atomic mass is 9.96. The van der Waals surface area contributed by atoms with Crippen molar-refractivity contribution in [3.63, 3.8) is 0 Å². The van der Waals surface area contributed by atoms with Crippen molar-refractivity contribution in [1.29, 1.82) is 5.26 Å². The van der Waals surface area contributed by atoms with Crippen LogP contribution in [0.4, 0.5) is 5.00 Å². The molecule has 28 heavy (non-hydrogen) atoms. The summed E-state index contributed by atoms with van der Waals surface area (Å²) in [5.74, 6) is 0.357. The van der Waals surface area contributed by atoms with E-state index in [0.717, 1.165) is 49.1 Å². The number of fused-ring (bicyclic) bond motifs is 1. The number of hydrogen-bond acceptors (Lipinski definition) is 5. The monoisotopic (exact) mass is 413 g/mol. The fraction of sp³-hybridized carbons (Fsp3) is 0.381. The van der Waals surface area contributed by atoms with Gasteiger partial charge in [-0.15, -0.1) is 11.3 Å². The summed E-state index contributed by atoms with van der Waals surface area (Å²) in [4.78, 5) is 13.8. The number of unbranched alkanes of at least 4 members (excludes halogenated alkanes) is 1. The Labute approximate surface area is 174 Å².